The van der Waals surface area contributed by atoms with E-state index in [0.717, 1.165) is 45.0 Å². The normalized spacial score (nSPS) is 27.2. The summed E-state index contributed by atoms with van der Waals surface area (Å²) in [6.07, 6.45) is 7.01. The summed E-state index contributed by atoms with van der Waals surface area (Å²) in [5, 5.41) is 0. The molecule has 0 radical (unpaired) electrons. The van der Waals surface area contributed by atoms with E-state index in [0.29, 0.717) is 31.2 Å². The van der Waals surface area contributed by atoms with Gasteiger partial charge in [-0.15, -0.1) is 0 Å². The summed E-state index contributed by atoms with van der Waals surface area (Å²) in [5.41, 5.74) is 1.35. The van der Waals surface area contributed by atoms with Crippen molar-refractivity contribution >= 4 is 6.01 Å². The minimum atomic E-state index is -0.0126. The van der Waals surface area contributed by atoms with Crippen LogP contribution < -0.4 is 9.64 Å². The molecule has 4 saturated heterocycles. The SMILES string of the molecule is c1ccc(C2CCN([C@@H]3COC4(C3)CN(c3ncco3)C4)CC2)c(OC2COC2)c1. The molecule has 4 aliphatic rings. The average Bonchev–Trinajstić information content (AvgIpc) is 3.40. The van der Waals surface area contributed by atoms with Gasteiger partial charge >= 0.3 is 0 Å². The minimum Gasteiger partial charge on any atom is -0.485 e. The molecule has 1 spiro atoms. The predicted octanol–water partition coefficient (Wildman–Crippen LogP) is 2.68. The molecule has 0 bridgehead atoms. The molecule has 0 N–H and O–H groups in total. The maximum Gasteiger partial charge on any atom is 0.297 e. The molecule has 1 aromatic heterocycles. The van der Waals surface area contributed by atoms with Crippen molar-refractivity contribution < 1.29 is 18.6 Å². The Morgan fingerprint density at radius 2 is 1.90 bits per heavy atom. The van der Waals surface area contributed by atoms with Crippen LogP contribution in [0.4, 0.5) is 6.01 Å². The molecule has 160 valence electrons. The third kappa shape index (κ3) is 3.39. The van der Waals surface area contributed by atoms with Gasteiger partial charge in [0.1, 0.15) is 23.7 Å². The number of aromatic nitrogens is 1. The first-order valence-corrected chi connectivity index (χ1v) is 11.1. The van der Waals surface area contributed by atoms with Gasteiger partial charge in [0.25, 0.3) is 6.01 Å². The fourth-order valence-electron chi connectivity index (χ4n) is 5.39. The van der Waals surface area contributed by atoms with Gasteiger partial charge in [0.05, 0.1) is 39.1 Å². The van der Waals surface area contributed by atoms with Gasteiger partial charge in [0.2, 0.25) is 0 Å². The summed E-state index contributed by atoms with van der Waals surface area (Å²) < 4.78 is 23.1. The maximum absolute atomic E-state index is 6.28. The topological polar surface area (TPSA) is 60.2 Å². The highest BCUT2D eigenvalue weighted by molar-refractivity contribution is 5.37. The molecule has 0 unspecified atom stereocenters. The van der Waals surface area contributed by atoms with Gasteiger partial charge in [-0.1, -0.05) is 18.2 Å². The Morgan fingerprint density at radius 1 is 1.07 bits per heavy atom. The Bertz CT molecular complexity index is 855. The maximum atomic E-state index is 6.28. The van der Waals surface area contributed by atoms with E-state index in [4.69, 9.17) is 18.6 Å². The van der Waals surface area contributed by atoms with E-state index in [9.17, 15) is 0 Å². The van der Waals surface area contributed by atoms with Gasteiger partial charge in [-0.25, -0.2) is 4.98 Å². The first-order valence-electron chi connectivity index (χ1n) is 11.1. The van der Waals surface area contributed by atoms with E-state index in [2.05, 4.69) is 39.0 Å². The van der Waals surface area contributed by atoms with Crippen LogP contribution in [0.3, 0.4) is 0 Å². The Kier molecular flexibility index (Phi) is 4.70. The van der Waals surface area contributed by atoms with Crippen molar-refractivity contribution in [1.29, 1.82) is 0 Å². The highest BCUT2D eigenvalue weighted by atomic mass is 16.6. The van der Waals surface area contributed by atoms with E-state index in [-0.39, 0.29) is 11.7 Å². The number of para-hydroxylation sites is 1. The van der Waals surface area contributed by atoms with Crippen molar-refractivity contribution in [2.75, 3.05) is 50.9 Å². The molecule has 1 aromatic carbocycles. The molecule has 0 aliphatic carbocycles. The molecule has 6 rings (SSSR count). The molecule has 0 amide bonds. The number of oxazole rings is 1. The minimum absolute atomic E-state index is 0.0126. The van der Waals surface area contributed by atoms with Crippen LogP contribution in [0, 0.1) is 0 Å². The molecule has 1 atom stereocenters. The van der Waals surface area contributed by atoms with E-state index in [1.54, 1.807) is 12.5 Å². The second-order valence-corrected chi connectivity index (χ2v) is 9.15. The van der Waals surface area contributed by atoms with Crippen molar-refractivity contribution in [3.05, 3.63) is 42.3 Å². The lowest BCUT2D eigenvalue weighted by Gasteiger charge is -2.46. The Morgan fingerprint density at radius 3 is 2.63 bits per heavy atom. The predicted molar refractivity (Wildman–Crippen MR) is 111 cm³/mol. The number of rotatable bonds is 5. The number of hydrogen-bond acceptors (Lipinski definition) is 7. The monoisotopic (exact) mass is 411 g/mol. The molecule has 7 heteroatoms. The fourth-order valence-corrected chi connectivity index (χ4v) is 5.39. The second kappa shape index (κ2) is 7.55. The Labute approximate surface area is 176 Å². The highest BCUT2D eigenvalue weighted by Crippen LogP contribution is 2.41. The largest absolute Gasteiger partial charge is 0.485 e. The van der Waals surface area contributed by atoms with Gasteiger partial charge < -0.3 is 23.5 Å². The van der Waals surface area contributed by atoms with E-state index >= 15 is 0 Å². The third-order valence-corrected chi connectivity index (χ3v) is 7.14. The van der Waals surface area contributed by atoms with Crippen LogP contribution in [0.1, 0.15) is 30.7 Å². The highest BCUT2D eigenvalue weighted by Gasteiger charge is 2.52. The van der Waals surface area contributed by atoms with Crippen molar-refractivity contribution in [1.82, 2.24) is 9.88 Å². The zero-order valence-electron chi connectivity index (χ0n) is 17.2. The molecular formula is C23H29N3O4. The number of piperidine rings is 1. The van der Waals surface area contributed by atoms with Crippen LogP contribution in [0.15, 0.2) is 41.1 Å². The molecule has 30 heavy (non-hydrogen) atoms. The molecule has 4 aliphatic heterocycles. The molecular weight excluding hydrogens is 382 g/mol. The van der Waals surface area contributed by atoms with E-state index < -0.39 is 0 Å². The lowest BCUT2D eigenvalue weighted by atomic mass is 9.86. The lowest BCUT2D eigenvalue weighted by molar-refractivity contribution is -0.0801. The van der Waals surface area contributed by atoms with Crippen LogP contribution in [0.25, 0.3) is 0 Å². The number of hydrogen-bond donors (Lipinski definition) is 0. The van der Waals surface area contributed by atoms with Crippen molar-refractivity contribution in [2.24, 2.45) is 0 Å². The second-order valence-electron chi connectivity index (χ2n) is 9.15. The molecule has 4 fully saturated rings. The van der Waals surface area contributed by atoms with Crippen molar-refractivity contribution in [2.45, 2.75) is 42.9 Å². The molecule has 7 nitrogen and oxygen atoms in total. The fraction of sp³-hybridized carbons (Fsp3) is 0.609. The summed E-state index contributed by atoms with van der Waals surface area (Å²) in [6.45, 7) is 6.28. The van der Waals surface area contributed by atoms with Crippen molar-refractivity contribution in [3.63, 3.8) is 0 Å². The van der Waals surface area contributed by atoms with Gasteiger partial charge in [-0.05, 0) is 49.9 Å². The lowest BCUT2D eigenvalue weighted by Crippen LogP contribution is -2.62. The molecule has 5 heterocycles. The van der Waals surface area contributed by atoms with Crippen LogP contribution in [-0.2, 0) is 9.47 Å². The van der Waals surface area contributed by atoms with Gasteiger partial charge in [-0.3, -0.25) is 4.90 Å². The summed E-state index contributed by atoms with van der Waals surface area (Å²) in [7, 11) is 0. The van der Waals surface area contributed by atoms with Crippen molar-refractivity contribution in [3.8, 4) is 5.75 Å². The number of ether oxygens (including phenoxy) is 3. The zero-order valence-corrected chi connectivity index (χ0v) is 17.2. The smallest absolute Gasteiger partial charge is 0.297 e. The Hall–Kier alpha value is -2.09. The summed E-state index contributed by atoms with van der Waals surface area (Å²) in [4.78, 5) is 9.06. The molecule has 0 saturated carbocycles. The zero-order chi connectivity index (χ0) is 20.0. The van der Waals surface area contributed by atoms with Gasteiger partial charge in [0, 0.05) is 6.04 Å². The number of likely N-dealkylation sites (tertiary alicyclic amines) is 1. The van der Waals surface area contributed by atoms with Gasteiger partial charge in [0.15, 0.2) is 0 Å². The first kappa shape index (κ1) is 18.7. The third-order valence-electron chi connectivity index (χ3n) is 7.14. The van der Waals surface area contributed by atoms with E-state index in [1.165, 1.54) is 18.4 Å². The summed E-state index contributed by atoms with van der Waals surface area (Å²) >= 11 is 0. The first-order chi connectivity index (χ1) is 14.8. The standard InChI is InChI=1S/C23H29N3O4/c1-2-4-21(30-19-13-27-14-19)20(3-1)17-5-8-25(9-6-17)18-11-23(29-12-18)15-26(16-23)22-24-7-10-28-22/h1-4,7,10,17-19H,5-6,8-9,11-16H2/t18-/m0/s1. The average molecular weight is 412 g/mol. The number of anilines is 1. The summed E-state index contributed by atoms with van der Waals surface area (Å²) in [5.74, 6) is 1.62. The Balaban J connectivity index is 1.04. The van der Waals surface area contributed by atoms with Crippen LogP contribution in [0.5, 0.6) is 5.75 Å². The summed E-state index contributed by atoms with van der Waals surface area (Å²) in [6, 6.07) is 9.80. The van der Waals surface area contributed by atoms with E-state index in [1.807, 2.05) is 0 Å². The van der Waals surface area contributed by atoms with Crippen LogP contribution in [-0.4, -0.2) is 73.6 Å². The number of benzene rings is 1. The van der Waals surface area contributed by atoms with Crippen LogP contribution in [0.2, 0.25) is 0 Å². The van der Waals surface area contributed by atoms with Gasteiger partial charge in [-0.2, -0.15) is 0 Å². The van der Waals surface area contributed by atoms with Crippen LogP contribution >= 0.6 is 0 Å². The quantitative estimate of drug-likeness (QED) is 0.750. The molecule has 2 aromatic rings. The number of nitrogens with zero attached hydrogens (tertiary/aromatic N) is 3.